The van der Waals surface area contributed by atoms with E-state index in [-0.39, 0.29) is 0 Å². The Morgan fingerprint density at radius 1 is 1.44 bits per heavy atom. The van der Waals surface area contributed by atoms with E-state index in [4.69, 9.17) is 0 Å². The molecule has 1 aromatic heterocycles. The lowest BCUT2D eigenvalue weighted by atomic mass is 10.3. The van der Waals surface area contributed by atoms with Gasteiger partial charge < -0.3 is 5.32 Å². The first-order valence-corrected chi connectivity index (χ1v) is 8.39. The lowest BCUT2D eigenvalue weighted by Gasteiger charge is -2.16. The number of thiophene rings is 1. The van der Waals surface area contributed by atoms with Crippen molar-refractivity contribution in [3.8, 4) is 0 Å². The summed E-state index contributed by atoms with van der Waals surface area (Å²) in [5.41, 5.74) is 0. The zero-order valence-electron chi connectivity index (χ0n) is 11.5. The highest BCUT2D eigenvalue weighted by Gasteiger charge is 2.24. The number of nitrogens with one attached hydrogen (secondary N) is 1. The zero-order chi connectivity index (χ0) is 13.8. The molecule has 1 heterocycles. The Balaban J connectivity index is 2.97. The average Bonchev–Trinajstić information content (AvgIpc) is 2.68. The Kier molecular flexibility index (Phi) is 5.78. The molecule has 0 unspecified atom stereocenters. The molecule has 1 aromatic rings. The molecule has 0 aliphatic heterocycles. The van der Waals surface area contributed by atoms with Gasteiger partial charge in [-0.25, -0.2) is 12.7 Å². The molecule has 0 atom stereocenters. The van der Waals surface area contributed by atoms with Gasteiger partial charge in [-0.1, -0.05) is 13.3 Å². The van der Waals surface area contributed by atoms with E-state index < -0.39 is 10.0 Å². The summed E-state index contributed by atoms with van der Waals surface area (Å²) >= 11 is 1.54. The number of unbranched alkanes of at least 4 members (excludes halogenated alkanes) is 1. The van der Waals surface area contributed by atoms with Crippen molar-refractivity contribution in [3.05, 3.63) is 15.8 Å². The van der Waals surface area contributed by atoms with Crippen molar-refractivity contribution in [3.63, 3.8) is 0 Å². The predicted octanol–water partition coefficient (Wildman–Crippen LogP) is 2.20. The number of hydrogen-bond donors (Lipinski definition) is 1. The average molecular weight is 290 g/mol. The molecule has 18 heavy (non-hydrogen) atoms. The first-order valence-electron chi connectivity index (χ1n) is 6.13. The van der Waals surface area contributed by atoms with Crippen LogP contribution in [0.4, 0.5) is 0 Å². The third-order valence-corrected chi connectivity index (χ3v) is 5.95. The van der Waals surface area contributed by atoms with Crippen molar-refractivity contribution in [2.24, 2.45) is 0 Å². The van der Waals surface area contributed by atoms with E-state index in [0.29, 0.717) is 18.0 Å². The van der Waals surface area contributed by atoms with Gasteiger partial charge in [0.25, 0.3) is 0 Å². The molecule has 0 saturated carbocycles. The summed E-state index contributed by atoms with van der Waals surface area (Å²) < 4.78 is 26.2. The Labute approximate surface area is 114 Å². The van der Waals surface area contributed by atoms with E-state index in [0.717, 1.165) is 22.6 Å². The quantitative estimate of drug-likeness (QED) is 0.837. The second-order valence-corrected chi connectivity index (χ2v) is 7.70. The van der Waals surface area contributed by atoms with Crippen LogP contribution in [0.5, 0.6) is 0 Å². The molecule has 0 aliphatic carbocycles. The molecule has 6 heteroatoms. The molecule has 0 fully saturated rings. The van der Waals surface area contributed by atoms with Crippen LogP contribution >= 0.6 is 11.3 Å². The van der Waals surface area contributed by atoms with E-state index >= 15 is 0 Å². The third kappa shape index (κ3) is 3.54. The minimum Gasteiger partial charge on any atom is -0.315 e. The maximum absolute atomic E-state index is 12.4. The van der Waals surface area contributed by atoms with Gasteiger partial charge in [0.05, 0.1) is 4.90 Å². The topological polar surface area (TPSA) is 49.4 Å². The Morgan fingerprint density at radius 3 is 2.67 bits per heavy atom. The summed E-state index contributed by atoms with van der Waals surface area (Å²) in [6, 6.07) is 1.79. The van der Waals surface area contributed by atoms with Gasteiger partial charge in [0.2, 0.25) is 10.0 Å². The van der Waals surface area contributed by atoms with Crippen LogP contribution in [0.15, 0.2) is 11.0 Å². The van der Waals surface area contributed by atoms with E-state index in [1.165, 1.54) is 15.6 Å². The molecule has 104 valence electrons. The normalized spacial score (nSPS) is 12.3. The largest absolute Gasteiger partial charge is 0.315 e. The van der Waals surface area contributed by atoms with Crippen molar-refractivity contribution >= 4 is 21.4 Å². The van der Waals surface area contributed by atoms with Crippen LogP contribution in [0, 0.1) is 6.92 Å². The molecule has 0 saturated heterocycles. The number of sulfonamides is 1. The summed E-state index contributed by atoms with van der Waals surface area (Å²) in [6.45, 7) is 5.21. The summed E-state index contributed by atoms with van der Waals surface area (Å²) in [5, 5.41) is 3.04. The molecular formula is C12H22N2O2S2. The smallest absolute Gasteiger partial charge is 0.243 e. The fourth-order valence-electron chi connectivity index (χ4n) is 1.71. The van der Waals surface area contributed by atoms with Crippen molar-refractivity contribution in [1.82, 2.24) is 9.62 Å². The summed E-state index contributed by atoms with van der Waals surface area (Å²) in [5.74, 6) is 0. The molecular weight excluding hydrogens is 268 g/mol. The second kappa shape index (κ2) is 6.65. The highest BCUT2D eigenvalue weighted by atomic mass is 32.2. The van der Waals surface area contributed by atoms with Gasteiger partial charge in [-0.15, -0.1) is 11.3 Å². The summed E-state index contributed by atoms with van der Waals surface area (Å²) in [6.07, 6.45) is 1.88. The van der Waals surface area contributed by atoms with E-state index in [9.17, 15) is 8.42 Å². The highest BCUT2D eigenvalue weighted by molar-refractivity contribution is 7.89. The van der Waals surface area contributed by atoms with Gasteiger partial charge in [0, 0.05) is 29.9 Å². The second-order valence-electron chi connectivity index (χ2n) is 4.34. The molecule has 0 amide bonds. The number of hydrogen-bond acceptors (Lipinski definition) is 4. The van der Waals surface area contributed by atoms with Crippen LogP contribution in [0.3, 0.4) is 0 Å². The van der Waals surface area contributed by atoms with Crippen molar-refractivity contribution in [2.75, 3.05) is 20.6 Å². The molecule has 0 aliphatic rings. The fraction of sp³-hybridized carbons (Fsp3) is 0.667. The molecule has 4 nitrogen and oxygen atoms in total. The minimum atomic E-state index is -3.32. The maximum atomic E-state index is 12.4. The number of nitrogens with zero attached hydrogens (tertiary/aromatic N) is 1. The molecule has 0 aromatic carbocycles. The SMILES string of the molecule is CCCCN(C)S(=O)(=O)c1cc(CNC)sc1C. The molecule has 0 bridgehead atoms. The van der Waals surface area contributed by atoms with Crippen LogP contribution in [0.2, 0.25) is 0 Å². The van der Waals surface area contributed by atoms with Gasteiger partial charge in [-0.3, -0.25) is 0 Å². The van der Waals surface area contributed by atoms with Crippen molar-refractivity contribution in [2.45, 2.75) is 38.1 Å². The summed E-state index contributed by atoms with van der Waals surface area (Å²) in [4.78, 5) is 2.37. The van der Waals surface area contributed by atoms with Gasteiger partial charge in [-0.2, -0.15) is 0 Å². The minimum absolute atomic E-state index is 0.455. The zero-order valence-corrected chi connectivity index (χ0v) is 13.1. The summed E-state index contributed by atoms with van der Waals surface area (Å²) in [7, 11) is 0.187. The maximum Gasteiger partial charge on any atom is 0.243 e. The lowest BCUT2D eigenvalue weighted by molar-refractivity contribution is 0.459. The highest BCUT2D eigenvalue weighted by Crippen LogP contribution is 2.27. The van der Waals surface area contributed by atoms with Crippen molar-refractivity contribution < 1.29 is 8.42 Å². The molecule has 0 spiro atoms. The van der Waals surface area contributed by atoms with Crippen LogP contribution < -0.4 is 5.32 Å². The lowest BCUT2D eigenvalue weighted by Crippen LogP contribution is -2.28. The molecule has 1 rings (SSSR count). The fourth-order valence-corrected chi connectivity index (χ4v) is 4.53. The van der Waals surface area contributed by atoms with E-state index in [1.807, 2.05) is 14.0 Å². The third-order valence-electron chi connectivity index (χ3n) is 2.79. The van der Waals surface area contributed by atoms with Crippen LogP contribution in [0.25, 0.3) is 0 Å². The van der Waals surface area contributed by atoms with Crippen LogP contribution in [0.1, 0.15) is 29.5 Å². The molecule has 0 radical (unpaired) electrons. The first-order chi connectivity index (χ1) is 8.43. The van der Waals surface area contributed by atoms with Crippen molar-refractivity contribution in [1.29, 1.82) is 0 Å². The van der Waals surface area contributed by atoms with Gasteiger partial charge in [-0.05, 0) is 26.5 Å². The monoisotopic (exact) mass is 290 g/mol. The van der Waals surface area contributed by atoms with Crippen LogP contribution in [-0.2, 0) is 16.6 Å². The Morgan fingerprint density at radius 2 is 2.11 bits per heavy atom. The van der Waals surface area contributed by atoms with Gasteiger partial charge in [0.1, 0.15) is 0 Å². The van der Waals surface area contributed by atoms with Gasteiger partial charge in [0.15, 0.2) is 0 Å². The number of rotatable bonds is 7. The Hall–Kier alpha value is -0.430. The Bertz CT molecular complexity index is 480. The first kappa shape index (κ1) is 15.6. The predicted molar refractivity (Wildman–Crippen MR) is 76.5 cm³/mol. The van der Waals surface area contributed by atoms with E-state index in [1.54, 1.807) is 13.1 Å². The van der Waals surface area contributed by atoms with E-state index in [2.05, 4.69) is 12.2 Å². The number of aryl methyl sites for hydroxylation is 1. The molecule has 1 N–H and O–H groups in total. The standard InChI is InChI=1S/C12H22N2O2S2/c1-5-6-7-14(4)18(15,16)12-8-11(9-13-3)17-10(12)2/h8,13H,5-7,9H2,1-4H3. The van der Waals surface area contributed by atoms with Gasteiger partial charge >= 0.3 is 0 Å². The van der Waals surface area contributed by atoms with Crippen LogP contribution in [-0.4, -0.2) is 33.4 Å².